The number of benzene rings is 2. The Morgan fingerprint density at radius 1 is 1.11 bits per heavy atom. The topological polar surface area (TPSA) is 102 Å². The van der Waals surface area contributed by atoms with E-state index in [-0.39, 0.29) is 40.8 Å². The number of carbonyl (C=O) groups excluding carboxylic acids is 2. The van der Waals surface area contributed by atoms with Gasteiger partial charge in [0.15, 0.2) is 16.1 Å². The molecule has 0 saturated heterocycles. The molecule has 2 aromatic heterocycles. The molecule has 0 saturated carbocycles. The fourth-order valence-corrected chi connectivity index (χ4v) is 4.52. The van der Waals surface area contributed by atoms with Crippen molar-refractivity contribution in [2.75, 3.05) is 11.1 Å². The molecule has 2 N–H and O–H groups in total. The third-order valence-corrected chi connectivity index (χ3v) is 6.45. The third-order valence-electron chi connectivity index (χ3n) is 4.83. The largest absolute Gasteiger partial charge is 0.416 e. The summed E-state index contributed by atoms with van der Waals surface area (Å²) in [6.45, 7) is 1.76. The number of aryl methyl sites for hydroxylation is 1. The first-order valence-corrected chi connectivity index (χ1v) is 12.4. The average molecular weight is 533 g/mol. The number of thiazole rings is 1. The predicted octanol–water partition coefficient (Wildman–Crippen LogP) is 4.71. The van der Waals surface area contributed by atoms with Crippen LogP contribution in [0.1, 0.15) is 27.3 Å². The summed E-state index contributed by atoms with van der Waals surface area (Å²) in [5, 5.41) is 15.8. The van der Waals surface area contributed by atoms with Gasteiger partial charge in [-0.3, -0.25) is 14.2 Å². The zero-order valence-electron chi connectivity index (χ0n) is 18.7. The van der Waals surface area contributed by atoms with Crippen molar-refractivity contribution < 1.29 is 22.8 Å². The van der Waals surface area contributed by atoms with Crippen LogP contribution in [0.3, 0.4) is 0 Å². The quantitative estimate of drug-likeness (QED) is 0.319. The number of anilines is 1. The van der Waals surface area contributed by atoms with E-state index in [0.717, 1.165) is 29.5 Å². The van der Waals surface area contributed by atoms with Crippen LogP contribution < -0.4 is 10.6 Å². The molecule has 2 amide bonds. The van der Waals surface area contributed by atoms with Crippen molar-refractivity contribution in [1.29, 1.82) is 0 Å². The molecular formula is C23H19F3N6O2S2. The number of thioether (sulfide) groups is 1. The number of alkyl halides is 3. The predicted molar refractivity (Wildman–Crippen MR) is 130 cm³/mol. The van der Waals surface area contributed by atoms with Gasteiger partial charge in [-0.15, -0.1) is 21.5 Å². The van der Waals surface area contributed by atoms with E-state index < -0.39 is 11.7 Å². The standard InChI is InChI=1S/C23H19F3N6O2S2/c1-14-4-2-5-15(10-14)20(34)28-12-18-30-31-22(36-13-19(33)29-21-27-8-9-35-21)32(18)17-7-3-6-16(11-17)23(24,25)26/h2-11H,12-13H2,1H3,(H,28,34)(H,27,29,33). The normalized spacial score (nSPS) is 11.3. The molecule has 0 atom stereocenters. The van der Waals surface area contributed by atoms with E-state index in [2.05, 4.69) is 25.8 Å². The van der Waals surface area contributed by atoms with Crippen molar-refractivity contribution in [3.05, 3.63) is 82.6 Å². The van der Waals surface area contributed by atoms with Gasteiger partial charge in [0.25, 0.3) is 5.91 Å². The maximum absolute atomic E-state index is 13.4. The van der Waals surface area contributed by atoms with Gasteiger partial charge >= 0.3 is 6.18 Å². The Hall–Kier alpha value is -3.71. The van der Waals surface area contributed by atoms with Crippen LogP contribution in [0.5, 0.6) is 0 Å². The molecule has 8 nitrogen and oxygen atoms in total. The Bertz CT molecular complexity index is 1370. The zero-order chi connectivity index (χ0) is 25.7. The van der Waals surface area contributed by atoms with Crippen molar-refractivity contribution >= 4 is 40.0 Å². The Labute approximate surface area is 212 Å². The maximum atomic E-state index is 13.4. The number of nitrogens with zero attached hydrogens (tertiary/aromatic N) is 4. The van der Waals surface area contributed by atoms with E-state index in [4.69, 9.17) is 0 Å². The molecule has 36 heavy (non-hydrogen) atoms. The summed E-state index contributed by atoms with van der Waals surface area (Å²) in [4.78, 5) is 28.9. The first-order chi connectivity index (χ1) is 17.2. The number of hydrogen-bond donors (Lipinski definition) is 2. The molecule has 0 fully saturated rings. The van der Waals surface area contributed by atoms with Crippen LogP contribution in [0.15, 0.2) is 65.3 Å². The van der Waals surface area contributed by atoms with Crippen molar-refractivity contribution in [3.8, 4) is 5.69 Å². The van der Waals surface area contributed by atoms with Crippen LogP contribution >= 0.6 is 23.1 Å². The first kappa shape index (κ1) is 25.4. The van der Waals surface area contributed by atoms with Crippen molar-refractivity contribution in [2.45, 2.75) is 24.8 Å². The van der Waals surface area contributed by atoms with Crippen molar-refractivity contribution in [1.82, 2.24) is 25.1 Å². The van der Waals surface area contributed by atoms with Crippen LogP contribution in [0.2, 0.25) is 0 Å². The number of aromatic nitrogens is 4. The second kappa shape index (κ2) is 10.9. The third kappa shape index (κ3) is 6.29. The van der Waals surface area contributed by atoms with Crippen LogP contribution in [0, 0.1) is 6.92 Å². The second-order valence-corrected chi connectivity index (χ2v) is 9.35. The molecule has 4 aromatic rings. The molecule has 2 heterocycles. The summed E-state index contributed by atoms with van der Waals surface area (Å²) in [7, 11) is 0. The number of rotatable bonds is 8. The molecule has 186 valence electrons. The van der Waals surface area contributed by atoms with Gasteiger partial charge in [-0.05, 0) is 37.3 Å². The van der Waals surface area contributed by atoms with Crippen LogP contribution in [0.4, 0.5) is 18.3 Å². The summed E-state index contributed by atoms with van der Waals surface area (Å²) >= 11 is 2.26. The van der Waals surface area contributed by atoms with Gasteiger partial charge in [-0.25, -0.2) is 4.98 Å². The molecule has 0 aliphatic carbocycles. The number of carbonyl (C=O) groups is 2. The number of hydrogen-bond acceptors (Lipinski definition) is 7. The van der Waals surface area contributed by atoms with Gasteiger partial charge in [0, 0.05) is 17.1 Å². The lowest BCUT2D eigenvalue weighted by Crippen LogP contribution is -2.24. The van der Waals surface area contributed by atoms with Gasteiger partial charge in [0.2, 0.25) is 5.91 Å². The minimum absolute atomic E-state index is 0.0771. The second-order valence-electron chi connectivity index (χ2n) is 7.51. The highest BCUT2D eigenvalue weighted by molar-refractivity contribution is 7.99. The molecule has 0 radical (unpaired) electrons. The van der Waals surface area contributed by atoms with Gasteiger partial charge in [-0.1, -0.05) is 35.5 Å². The van der Waals surface area contributed by atoms with Gasteiger partial charge in [0.05, 0.1) is 23.5 Å². The summed E-state index contributed by atoms with van der Waals surface area (Å²) in [5.41, 5.74) is 0.649. The highest BCUT2D eigenvalue weighted by Crippen LogP contribution is 2.31. The highest BCUT2D eigenvalue weighted by Gasteiger charge is 2.31. The number of halogens is 3. The lowest BCUT2D eigenvalue weighted by Gasteiger charge is -2.13. The summed E-state index contributed by atoms with van der Waals surface area (Å²) in [6, 6.07) is 11.7. The molecule has 13 heteroatoms. The molecule has 0 spiro atoms. The van der Waals surface area contributed by atoms with E-state index in [1.807, 2.05) is 13.0 Å². The SMILES string of the molecule is Cc1cccc(C(=O)NCc2nnc(SCC(=O)Nc3nccs3)n2-c2cccc(C(F)(F)F)c2)c1. The lowest BCUT2D eigenvalue weighted by molar-refractivity contribution is -0.137. The van der Waals surface area contributed by atoms with E-state index in [1.54, 1.807) is 29.8 Å². The first-order valence-electron chi connectivity index (χ1n) is 10.5. The number of nitrogens with one attached hydrogen (secondary N) is 2. The lowest BCUT2D eigenvalue weighted by atomic mass is 10.1. The van der Waals surface area contributed by atoms with E-state index in [9.17, 15) is 22.8 Å². The fourth-order valence-electron chi connectivity index (χ4n) is 3.21. The Morgan fingerprint density at radius 2 is 1.92 bits per heavy atom. The van der Waals surface area contributed by atoms with Gasteiger partial charge in [-0.2, -0.15) is 13.2 Å². The zero-order valence-corrected chi connectivity index (χ0v) is 20.4. The minimum atomic E-state index is -4.55. The summed E-state index contributed by atoms with van der Waals surface area (Å²) in [6.07, 6.45) is -3.00. The van der Waals surface area contributed by atoms with Crippen LogP contribution in [0.25, 0.3) is 5.69 Å². The van der Waals surface area contributed by atoms with E-state index >= 15 is 0 Å². The highest BCUT2D eigenvalue weighted by atomic mass is 32.2. The van der Waals surface area contributed by atoms with Crippen molar-refractivity contribution in [2.24, 2.45) is 0 Å². The fraction of sp³-hybridized carbons (Fsp3) is 0.174. The number of amides is 2. The van der Waals surface area contributed by atoms with Gasteiger partial charge in [0.1, 0.15) is 0 Å². The summed E-state index contributed by atoms with van der Waals surface area (Å²) < 4.78 is 41.5. The smallest absolute Gasteiger partial charge is 0.345 e. The Balaban J connectivity index is 1.58. The average Bonchev–Trinajstić information content (AvgIpc) is 3.50. The van der Waals surface area contributed by atoms with Crippen LogP contribution in [-0.2, 0) is 17.5 Å². The van der Waals surface area contributed by atoms with E-state index in [1.165, 1.54) is 28.0 Å². The van der Waals surface area contributed by atoms with E-state index in [0.29, 0.717) is 10.7 Å². The molecular weight excluding hydrogens is 513 g/mol. The Morgan fingerprint density at radius 3 is 2.64 bits per heavy atom. The molecule has 0 aliphatic heterocycles. The molecule has 4 rings (SSSR count). The molecule has 0 bridgehead atoms. The Kier molecular flexibility index (Phi) is 7.70. The minimum Gasteiger partial charge on any atom is -0.345 e. The molecule has 0 unspecified atom stereocenters. The maximum Gasteiger partial charge on any atom is 0.416 e. The molecule has 0 aliphatic rings. The summed E-state index contributed by atoms with van der Waals surface area (Å²) in [5.74, 6) is -0.595. The monoisotopic (exact) mass is 532 g/mol. The van der Waals surface area contributed by atoms with Gasteiger partial charge < -0.3 is 10.6 Å². The van der Waals surface area contributed by atoms with Crippen molar-refractivity contribution in [3.63, 3.8) is 0 Å². The molecule has 2 aromatic carbocycles. The van der Waals surface area contributed by atoms with Crippen LogP contribution in [-0.4, -0.2) is 37.3 Å².